The lowest BCUT2D eigenvalue weighted by atomic mass is 9.97. The first kappa shape index (κ1) is 28.2. The van der Waals surface area contributed by atoms with E-state index < -0.39 is 42.6 Å². The predicted molar refractivity (Wildman–Crippen MR) is 143 cm³/mol. The van der Waals surface area contributed by atoms with E-state index in [1.807, 2.05) is 30.3 Å². The fraction of sp³-hybridized carbons (Fsp3) is 0.290. The lowest BCUT2D eigenvalue weighted by Crippen LogP contribution is -2.62. The molecule has 1 aliphatic rings. The zero-order chi connectivity index (χ0) is 27.5. The average molecular weight is 533 g/mol. The standard InChI is InChI=1S/C31H32O8/c1-3-19-36-28-27(39-30(33)24-17-11-6-12-18-24)26(38-29(32)23-15-9-5-10-16-23)25(37-31(28)34-2)21-35-20-22-13-7-4-8-14-22/h3-18,25-28,31H,1,19-21H2,2H3/t25-,26-,27+,28-,31+/m1/s1. The van der Waals surface area contributed by atoms with Gasteiger partial charge < -0.3 is 28.4 Å². The number of carbonyl (C=O) groups excluding carboxylic acids is 2. The molecule has 3 aromatic carbocycles. The summed E-state index contributed by atoms with van der Waals surface area (Å²) in [5.74, 6) is -1.20. The molecule has 0 amide bonds. The molecule has 5 atom stereocenters. The van der Waals surface area contributed by atoms with Gasteiger partial charge in [0.2, 0.25) is 0 Å². The Morgan fingerprint density at radius 2 is 1.33 bits per heavy atom. The number of esters is 2. The Hall–Kier alpha value is -3.82. The summed E-state index contributed by atoms with van der Waals surface area (Å²) >= 11 is 0. The van der Waals surface area contributed by atoms with Crippen molar-refractivity contribution < 1.29 is 38.0 Å². The molecule has 0 aliphatic carbocycles. The smallest absolute Gasteiger partial charge is 0.338 e. The SMILES string of the molecule is C=CCO[C@H]1[C@@H](OC)O[C@H](COCc2ccccc2)[C@@H](OC(=O)c2ccccc2)[C@@H]1OC(=O)c1ccccc1. The average Bonchev–Trinajstić information content (AvgIpc) is 2.99. The fourth-order valence-electron chi connectivity index (χ4n) is 4.23. The Kier molecular flexibility index (Phi) is 10.4. The second-order valence-electron chi connectivity index (χ2n) is 8.84. The minimum atomic E-state index is -1.07. The Labute approximate surface area is 228 Å². The van der Waals surface area contributed by atoms with E-state index in [0.717, 1.165) is 5.56 Å². The van der Waals surface area contributed by atoms with Crippen LogP contribution in [-0.2, 0) is 35.0 Å². The zero-order valence-electron chi connectivity index (χ0n) is 21.7. The normalized spacial score (nSPS) is 22.5. The van der Waals surface area contributed by atoms with Crippen LogP contribution in [0.5, 0.6) is 0 Å². The Balaban J connectivity index is 1.63. The summed E-state index contributed by atoms with van der Waals surface area (Å²) in [6.45, 7) is 4.17. The van der Waals surface area contributed by atoms with Crippen LogP contribution in [0.4, 0.5) is 0 Å². The molecule has 1 aliphatic heterocycles. The van der Waals surface area contributed by atoms with Gasteiger partial charge in [0, 0.05) is 7.11 Å². The second-order valence-corrected chi connectivity index (χ2v) is 8.84. The minimum absolute atomic E-state index is 0.0368. The van der Waals surface area contributed by atoms with Gasteiger partial charge in [0.1, 0.15) is 12.2 Å². The quantitative estimate of drug-likeness (QED) is 0.247. The molecule has 39 heavy (non-hydrogen) atoms. The van der Waals surface area contributed by atoms with Gasteiger partial charge in [-0.2, -0.15) is 0 Å². The summed E-state index contributed by atoms with van der Waals surface area (Å²) in [7, 11) is 1.46. The van der Waals surface area contributed by atoms with Gasteiger partial charge in [-0.25, -0.2) is 9.59 Å². The highest BCUT2D eigenvalue weighted by molar-refractivity contribution is 5.90. The lowest BCUT2D eigenvalue weighted by Gasteiger charge is -2.44. The van der Waals surface area contributed by atoms with Gasteiger partial charge in [-0.3, -0.25) is 0 Å². The summed E-state index contributed by atoms with van der Waals surface area (Å²) in [6, 6.07) is 26.7. The van der Waals surface area contributed by atoms with Crippen molar-refractivity contribution in [2.75, 3.05) is 20.3 Å². The van der Waals surface area contributed by atoms with E-state index in [9.17, 15) is 9.59 Å². The van der Waals surface area contributed by atoms with Gasteiger partial charge in [0.25, 0.3) is 0 Å². The number of hydrogen-bond donors (Lipinski definition) is 0. The molecule has 0 bridgehead atoms. The molecule has 1 fully saturated rings. The van der Waals surface area contributed by atoms with Gasteiger partial charge in [-0.1, -0.05) is 72.8 Å². The molecule has 0 spiro atoms. The Bertz CT molecular complexity index is 1180. The summed E-state index contributed by atoms with van der Waals surface area (Å²) in [6.07, 6.45) is -3.27. The van der Waals surface area contributed by atoms with Crippen LogP contribution in [0.15, 0.2) is 104 Å². The molecule has 0 aromatic heterocycles. The van der Waals surface area contributed by atoms with E-state index in [1.165, 1.54) is 7.11 Å². The lowest BCUT2D eigenvalue weighted by molar-refractivity contribution is -0.302. The highest BCUT2D eigenvalue weighted by atomic mass is 16.7. The number of ether oxygens (including phenoxy) is 6. The predicted octanol–water partition coefficient (Wildman–Crippen LogP) is 4.60. The first-order valence-electron chi connectivity index (χ1n) is 12.6. The number of benzene rings is 3. The summed E-state index contributed by atoms with van der Waals surface area (Å²) < 4.78 is 35.6. The van der Waals surface area contributed by atoms with Gasteiger partial charge in [0.05, 0.1) is 30.9 Å². The Morgan fingerprint density at radius 3 is 1.87 bits per heavy atom. The third kappa shape index (κ3) is 7.61. The molecule has 8 nitrogen and oxygen atoms in total. The van der Waals surface area contributed by atoms with E-state index in [2.05, 4.69) is 6.58 Å². The summed E-state index contributed by atoms with van der Waals surface area (Å²) in [4.78, 5) is 26.4. The maximum Gasteiger partial charge on any atom is 0.338 e. The van der Waals surface area contributed by atoms with Crippen LogP contribution in [0.3, 0.4) is 0 Å². The van der Waals surface area contributed by atoms with Crippen molar-refractivity contribution in [2.45, 2.75) is 37.3 Å². The third-order valence-electron chi connectivity index (χ3n) is 6.13. The third-order valence-corrected chi connectivity index (χ3v) is 6.13. The second kappa shape index (κ2) is 14.4. The van der Waals surface area contributed by atoms with Crippen molar-refractivity contribution in [2.24, 2.45) is 0 Å². The van der Waals surface area contributed by atoms with Crippen molar-refractivity contribution in [1.82, 2.24) is 0 Å². The largest absolute Gasteiger partial charge is 0.452 e. The van der Waals surface area contributed by atoms with E-state index >= 15 is 0 Å². The molecule has 0 N–H and O–H groups in total. The fourth-order valence-corrected chi connectivity index (χ4v) is 4.23. The van der Waals surface area contributed by atoms with Crippen molar-refractivity contribution in [3.05, 3.63) is 120 Å². The van der Waals surface area contributed by atoms with Gasteiger partial charge in [-0.05, 0) is 29.8 Å². The highest BCUT2D eigenvalue weighted by Gasteiger charge is 2.51. The van der Waals surface area contributed by atoms with Gasteiger partial charge >= 0.3 is 11.9 Å². The zero-order valence-corrected chi connectivity index (χ0v) is 21.7. The molecule has 0 radical (unpaired) electrons. The maximum atomic E-state index is 13.2. The molecular formula is C31H32O8. The van der Waals surface area contributed by atoms with Crippen LogP contribution < -0.4 is 0 Å². The summed E-state index contributed by atoms with van der Waals surface area (Å²) in [5, 5.41) is 0. The van der Waals surface area contributed by atoms with Crippen molar-refractivity contribution >= 4 is 11.9 Å². The van der Waals surface area contributed by atoms with Crippen LogP contribution in [0.2, 0.25) is 0 Å². The molecule has 1 heterocycles. The molecule has 204 valence electrons. The monoisotopic (exact) mass is 532 g/mol. The number of methoxy groups -OCH3 is 1. The van der Waals surface area contributed by atoms with E-state index in [-0.39, 0.29) is 13.2 Å². The van der Waals surface area contributed by atoms with Crippen molar-refractivity contribution in [1.29, 1.82) is 0 Å². The van der Waals surface area contributed by atoms with Crippen molar-refractivity contribution in [3.8, 4) is 0 Å². The van der Waals surface area contributed by atoms with Crippen LogP contribution in [0, 0.1) is 0 Å². The first-order chi connectivity index (χ1) is 19.1. The number of hydrogen-bond acceptors (Lipinski definition) is 8. The molecule has 3 aromatic rings. The maximum absolute atomic E-state index is 13.2. The molecule has 0 saturated carbocycles. The van der Waals surface area contributed by atoms with Gasteiger partial charge in [-0.15, -0.1) is 6.58 Å². The van der Waals surface area contributed by atoms with E-state index in [1.54, 1.807) is 66.7 Å². The Morgan fingerprint density at radius 1 is 0.795 bits per heavy atom. The number of rotatable bonds is 12. The van der Waals surface area contributed by atoms with E-state index in [4.69, 9.17) is 28.4 Å². The molecule has 0 unspecified atom stereocenters. The van der Waals surface area contributed by atoms with Gasteiger partial charge in [0.15, 0.2) is 18.5 Å². The van der Waals surface area contributed by atoms with E-state index in [0.29, 0.717) is 17.7 Å². The first-order valence-corrected chi connectivity index (χ1v) is 12.6. The van der Waals surface area contributed by atoms with Crippen LogP contribution in [-0.4, -0.2) is 63.0 Å². The molecular weight excluding hydrogens is 500 g/mol. The minimum Gasteiger partial charge on any atom is -0.452 e. The molecule has 4 rings (SSSR count). The van der Waals surface area contributed by atoms with Crippen LogP contribution >= 0.6 is 0 Å². The molecule has 1 saturated heterocycles. The topological polar surface area (TPSA) is 89.5 Å². The summed E-state index contributed by atoms with van der Waals surface area (Å²) in [5.41, 5.74) is 1.64. The number of carbonyl (C=O) groups is 2. The van der Waals surface area contributed by atoms with Crippen LogP contribution in [0.1, 0.15) is 26.3 Å². The molecule has 8 heteroatoms. The van der Waals surface area contributed by atoms with Crippen LogP contribution in [0.25, 0.3) is 0 Å². The highest BCUT2D eigenvalue weighted by Crippen LogP contribution is 2.30. The van der Waals surface area contributed by atoms with Crippen molar-refractivity contribution in [3.63, 3.8) is 0 Å².